The fourth-order valence-corrected chi connectivity index (χ4v) is 8.20. The molecule has 8 aromatic rings. The Morgan fingerprint density at radius 2 is 1.06 bits per heavy atom. The zero-order chi connectivity index (χ0) is 48.7. The van der Waals surface area contributed by atoms with Crippen LogP contribution in [-0.2, 0) is 35.8 Å². The number of amides is 2. The molecule has 6 aromatic carbocycles. The van der Waals surface area contributed by atoms with Crippen molar-refractivity contribution >= 4 is 68.5 Å². The fraction of sp³-hybridized carbons (Fsp3) is 0.102. The summed E-state index contributed by atoms with van der Waals surface area (Å²) in [7, 11) is 2.76. The van der Waals surface area contributed by atoms with E-state index in [0.717, 1.165) is 11.1 Å². The molecular formula is C49H38Cl2F2N8O6S2. The maximum atomic E-state index is 14.4. The highest BCUT2D eigenvalue weighted by Crippen LogP contribution is 2.33. The van der Waals surface area contributed by atoms with E-state index < -0.39 is 35.4 Å². The first-order chi connectivity index (χ1) is 33.5. The van der Waals surface area contributed by atoms with Crippen LogP contribution >= 0.6 is 44.8 Å². The number of carbonyl (C=O) groups is 4. The van der Waals surface area contributed by atoms with Gasteiger partial charge in [0.05, 0.1) is 35.6 Å². The van der Waals surface area contributed by atoms with Crippen molar-refractivity contribution in [3.8, 4) is 11.4 Å². The first kappa shape index (κ1) is 49.5. The van der Waals surface area contributed by atoms with E-state index >= 15 is 0 Å². The summed E-state index contributed by atoms with van der Waals surface area (Å²) in [6.45, 7) is 0.207. The molecular weight excluding hydrogens is 970 g/mol. The molecule has 2 heterocycles. The van der Waals surface area contributed by atoms with E-state index in [4.69, 9.17) is 32.7 Å². The molecule has 2 amide bonds. The third kappa shape index (κ3) is 13.0. The molecule has 69 heavy (non-hydrogen) atoms. The highest BCUT2D eigenvalue weighted by Gasteiger charge is 2.24. The SMILES string of the molecule is CSSc1nnc(CNC(=O)OCc2ccccc2)n1-c1ccc(Cl)cc1C(=O)c1ccccc1F.O=C(NCc1nncn1-c1ccc(Cl)cc1C(=O)c1ccccc1F)OCc1ccccc1. The number of ether oxygens (including phenoxy) is 2. The minimum atomic E-state index is -0.640. The molecule has 0 atom stereocenters. The molecule has 0 spiro atoms. The van der Waals surface area contributed by atoms with Gasteiger partial charge in [0.15, 0.2) is 23.2 Å². The smallest absolute Gasteiger partial charge is 0.407 e. The Hall–Kier alpha value is -7.38. The largest absolute Gasteiger partial charge is 0.445 e. The van der Waals surface area contributed by atoms with Crippen LogP contribution in [0.15, 0.2) is 157 Å². The van der Waals surface area contributed by atoms with Crippen molar-refractivity contribution in [2.75, 3.05) is 6.26 Å². The van der Waals surface area contributed by atoms with Crippen LogP contribution in [0.1, 0.15) is 54.6 Å². The summed E-state index contributed by atoms with van der Waals surface area (Å²) in [5.74, 6) is -1.66. The van der Waals surface area contributed by atoms with Gasteiger partial charge in [0, 0.05) is 21.2 Å². The highest BCUT2D eigenvalue weighted by atomic mass is 35.5. The zero-order valence-electron chi connectivity index (χ0n) is 36.2. The predicted molar refractivity (Wildman–Crippen MR) is 259 cm³/mol. The van der Waals surface area contributed by atoms with Gasteiger partial charge in [-0.25, -0.2) is 18.4 Å². The van der Waals surface area contributed by atoms with Gasteiger partial charge in [0.1, 0.15) is 31.2 Å². The second-order valence-corrected chi connectivity index (χ2v) is 17.6. The summed E-state index contributed by atoms with van der Waals surface area (Å²) < 4.78 is 42.3. The average molecular weight is 1010 g/mol. The second kappa shape index (κ2) is 24.1. The molecule has 20 heteroatoms. The summed E-state index contributed by atoms with van der Waals surface area (Å²) in [5.41, 5.74) is 2.68. The topological polar surface area (TPSA) is 172 Å². The van der Waals surface area contributed by atoms with Gasteiger partial charge < -0.3 is 20.1 Å². The van der Waals surface area contributed by atoms with Crippen LogP contribution in [-0.4, -0.2) is 59.5 Å². The molecule has 14 nitrogen and oxygen atoms in total. The highest BCUT2D eigenvalue weighted by molar-refractivity contribution is 8.76. The third-order valence-corrected chi connectivity index (χ3v) is 11.8. The second-order valence-electron chi connectivity index (χ2n) is 14.4. The molecule has 0 saturated carbocycles. The quantitative estimate of drug-likeness (QED) is 0.0694. The lowest BCUT2D eigenvalue weighted by Gasteiger charge is -2.15. The summed E-state index contributed by atoms with van der Waals surface area (Å²) >= 11 is 12.3. The number of halogens is 4. The molecule has 8 rings (SSSR count). The van der Waals surface area contributed by atoms with Gasteiger partial charge in [-0.15, -0.1) is 20.4 Å². The fourth-order valence-electron chi connectivity index (χ4n) is 6.58. The number of aromatic nitrogens is 6. The van der Waals surface area contributed by atoms with Crippen molar-refractivity contribution in [3.05, 3.63) is 219 Å². The summed E-state index contributed by atoms with van der Waals surface area (Å²) in [6, 6.07) is 39.4. The minimum absolute atomic E-state index is 0.0103. The van der Waals surface area contributed by atoms with Crippen LogP contribution in [0.4, 0.5) is 18.4 Å². The number of rotatable bonds is 16. The number of ketones is 2. The Morgan fingerprint density at radius 3 is 1.58 bits per heavy atom. The number of carbonyl (C=O) groups excluding carboxylic acids is 4. The van der Waals surface area contributed by atoms with Gasteiger partial charge in [0.2, 0.25) is 5.16 Å². The van der Waals surface area contributed by atoms with E-state index in [1.807, 2.05) is 66.9 Å². The number of benzene rings is 6. The maximum absolute atomic E-state index is 14.4. The zero-order valence-corrected chi connectivity index (χ0v) is 39.4. The number of nitrogens with one attached hydrogen (secondary N) is 2. The van der Waals surface area contributed by atoms with Gasteiger partial charge >= 0.3 is 12.2 Å². The van der Waals surface area contributed by atoms with Crippen LogP contribution in [0.2, 0.25) is 10.0 Å². The first-order valence-corrected chi connectivity index (χ1v) is 23.9. The monoisotopic (exact) mass is 1010 g/mol. The Morgan fingerprint density at radius 1 is 0.580 bits per heavy atom. The molecule has 350 valence electrons. The van der Waals surface area contributed by atoms with E-state index in [1.165, 1.54) is 81.0 Å². The van der Waals surface area contributed by atoms with Crippen LogP contribution in [0.5, 0.6) is 0 Å². The van der Waals surface area contributed by atoms with Crippen molar-refractivity contribution in [2.45, 2.75) is 31.5 Å². The van der Waals surface area contributed by atoms with Crippen molar-refractivity contribution in [3.63, 3.8) is 0 Å². The molecule has 0 bridgehead atoms. The van der Waals surface area contributed by atoms with E-state index in [2.05, 4.69) is 31.0 Å². The number of hydrogen-bond donors (Lipinski definition) is 2. The first-order valence-electron chi connectivity index (χ1n) is 20.6. The van der Waals surface area contributed by atoms with Gasteiger partial charge in [-0.2, -0.15) is 0 Å². The number of hydrogen-bond acceptors (Lipinski definition) is 12. The number of nitrogens with zero attached hydrogens (tertiary/aromatic N) is 6. The Bertz CT molecular complexity index is 3090. The van der Waals surface area contributed by atoms with Crippen molar-refractivity contribution in [1.82, 2.24) is 40.2 Å². The molecule has 2 N–H and O–H groups in total. The lowest BCUT2D eigenvalue weighted by molar-refractivity contribution is 0.102. The van der Waals surface area contributed by atoms with E-state index in [9.17, 15) is 28.0 Å². The molecule has 2 aromatic heterocycles. The molecule has 0 radical (unpaired) electrons. The normalized spacial score (nSPS) is 10.7. The minimum Gasteiger partial charge on any atom is -0.445 e. The Kier molecular flexibility index (Phi) is 17.3. The predicted octanol–water partition coefficient (Wildman–Crippen LogP) is 10.8. The molecule has 0 aliphatic carbocycles. The Labute approximate surface area is 411 Å². The van der Waals surface area contributed by atoms with E-state index in [0.29, 0.717) is 38.2 Å². The lowest BCUT2D eigenvalue weighted by atomic mass is 10.0. The van der Waals surface area contributed by atoms with Crippen molar-refractivity contribution in [1.29, 1.82) is 0 Å². The van der Waals surface area contributed by atoms with Gasteiger partial charge in [-0.3, -0.25) is 18.7 Å². The van der Waals surface area contributed by atoms with Crippen LogP contribution in [0.3, 0.4) is 0 Å². The lowest BCUT2D eigenvalue weighted by Crippen LogP contribution is -2.25. The summed E-state index contributed by atoms with van der Waals surface area (Å²) in [6.07, 6.45) is 2.00. The molecule has 0 aliphatic rings. The summed E-state index contributed by atoms with van der Waals surface area (Å²) in [5, 5.41) is 22.7. The molecule has 0 fully saturated rings. The van der Waals surface area contributed by atoms with Gasteiger partial charge in [-0.05, 0) is 88.8 Å². The van der Waals surface area contributed by atoms with Crippen LogP contribution in [0, 0.1) is 11.6 Å². The maximum Gasteiger partial charge on any atom is 0.407 e. The molecule has 0 unspecified atom stereocenters. The van der Waals surface area contributed by atoms with Gasteiger partial charge in [0.25, 0.3) is 0 Å². The van der Waals surface area contributed by atoms with E-state index in [-0.39, 0.29) is 48.6 Å². The summed E-state index contributed by atoms with van der Waals surface area (Å²) in [4.78, 5) is 50.8. The Balaban J connectivity index is 0.000000205. The van der Waals surface area contributed by atoms with Gasteiger partial charge in [-0.1, -0.05) is 119 Å². The van der Waals surface area contributed by atoms with Crippen molar-refractivity contribution < 1.29 is 37.4 Å². The molecule has 0 aliphatic heterocycles. The standard InChI is InChI=1S/C25H20ClFN4O3S2.C24H18ClFN4O3/c1-35-36-24-30-29-22(14-28-25(33)34-15-16-7-3-2-4-8-16)31(24)21-12-11-17(26)13-19(21)23(32)18-9-5-6-10-20(18)27;25-17-10-11-21(19(12-17)23(31)18-8-4-5-9-20(18)26)30-15-28-29-22(30)13-27-24(32)33-14-16-6-2-1-3-7-16/h2-13H,14-15H2,1H3,(H,28,33);1-12,15H,13-14H2,(H,27,32). The molecule has 0 saturated heterocycles. The third-order valence-electron chi connectivity index (χ3n) is 9.83. The van der Waals surface area contributed by atoms with Crippen molar-refractivity contribution in [2.24, 2.45) is 0 Å². The average Bonchev–Trinajstić information content (AvgIpc) is 4.01. The van der Waals surface area contributed by atoms with Crippen LogP contribution in [0.25, 0.3) is 11.4 Å². The number of alkyl carbamates (subject to hydrolysis) is 2. The van der Waals surface area contributed by atoms with E-state index in [1.54, 1.807) is 41.0 Å². The van der Waals surface area contributed by atoms with Crippen LogP contribution < -0.4 is 10.6 Å².